The number of methoxy groups -OCH3 is 1. The predicted octanol–water partition coefficient (Wildman–Crippen LogP) is 3.92. The molecule has 0 unspecified atom stereocenters. The molecule has 1 amide bonds. The van der Waals surface area contributed by atoms with E-state index in [-0.39, 0.29) is 16.7 Å². The SMILES string of the molecule is COc1ccccc1C(=O)N[C@@H]1c2ccccc2C2(CCN(CC(C)(C)C)CC2)[C@H]1O. The highest BCUT2D eigenvalue weighted by molar-refractivity contribution is 5.97. The van der Waals surface area contributed by atoms with E-state index in [1.165, 1.54) is 5.56 Å². The van der Waals surface area contributed by atoms with Crippen LogP contribution in [0.2, 0.25) is 0 Å². The zero-order chi connectivity index (χ0) is 22.2. The number of likely N-dealkylation sites (tertiary alicyclic amines) is 1. The molecule has 1 fully saturated rings. The van der Waals surface area contributed by atoms with Crippen LogP contribution < -0.4 is 10.1 Å². The Balaban J connectivity index is 1.58. The first-order chi connectivity index (χ1) is 14.7. The number of rotatable bonds is 4. The number of benzene rings is 2. The second-order valence-corrected chi connectivity index (χ2v) is 10.2. The van der Waals surface area contributed by atoms with Gasteiger partial charge in [-0.3, -0.25) is 4.79 Å². The van der Waals surface area contributed by atoms with E-state index in [1.807, 2.05) is 30.3 Å². The lowest BCUT2D eigenvalue weighted by Crippen LogP contribution is -2.51. The Labute approximate surface area is 185 Å². The van der Waals surface area contributed by atoms with Gasteiger partial charge in [-0.1, -0.05) is 57.2 Å². The van der Waals surface area contributed by atoms with Crippen LogP contribution in [0, 0.1) is 5.41 Å². The summed E-state index contributed by atoms with van der Waals surface area (Å²) >= 11 is 0. The molecule has 2 aromatic rings. The third kappa shape index (κ3) is 4.09. The number of piperidine rings is 1. The molecule has 31 heavy (non-hydrogen) atoms. The van der Waals surface area contributed by atoms with Crippen molar-refractivity contribution in [2.75, 3.05) is 26.7 Å². The van der Waals surface area contributed by atoms with Crippen LogP contribution in [0.25, 0.3) is 0 Å². The summed E-state index contributed by atoms with van der Waals surface area (Å²) in [4.78, 5) is 15.6. The largest absolute Gasteiger partial charge is 0.496 e. The van der Waals surface area contributed by atoms with E-state index in [1.54, 1.807) is 19.2 Å². The fraction of sp³-hybridized carbons (Fsp3) is 0.500. The molecule has 0 saturated carbocycles. The molecule has 1 saturated heterocycles. The number of aliphatic hydroxyl groups excluding tert-OH is 1. The molecular formula is C26H34N2O3. The highest BCUT2D eigenvalue weighted by Crippen LogP contribution is 2.51. The first kappa shape index (κ1) is 21.8. The van der Waals surface area contributed by atoms with Crippen LogP contribution in [0.3, 0.4) is 0 Å². The maximum Gasteiger partial charge on any atom is 0.255 e. The first-order valence-electron chi connectivity index (χ1n) is 11.2. The van der Waals surface area contributed by atoms with Crippen LogP contribution in [0.4, 0.5) is 0 Å². The summed E-state index contributed by atoms with van der Waals surface area (Å²) in [6.45, 7) is 9.75. The molecule has 0 radical (unpaired) electrons. The minimum Gasteiger partial charge on any atom is -0.496 e. The van der Waals surface area contributed by atoms with Gasteiger partial charge in [0.25, 0.3) is 5.91 Å². The van der Waals surface area contributed by atoms with E-state index in [0.29, 0.717) is 11.3 Å². The van der Waals surface area contributed by atoms with Gasteiger partial charge in [0.05, 0.1) is 24.8 Å². The fourth-order valence-corrected chi connectivity index (χ4v) is 5.42. The van der Waals surface area contributed by atoms with Gasteiger partial charge in [0.2, 0.25) is 0 Å². The van der Waals surface area contributed by atoms with Gasteiger partial charge >= 0.3 is 0 Å². The van der Waals surface area contributed by atoms with Crippen LogP contribution in [0.5, 0.6) is 5.75 Å². The Morgan fingerprint density at radius 3 is 2.45 bits per heavy atom. The summed E-state index contributed by atoms with van der Waals surface area (Å²) in [6, 6.07) is 15.0. The van der Waals surface area contributed by atoms with E-state index < -0.39 is 12.1 Å². The molecule has 2 aromatic carbocycles. The molecule has 1 aliphatic heterocycles. The predicted molar refractivity (Wildman–Crippen MR) is 122 cm³/mol. The Morgan fingerprint density at radius 2 is 1.77 bits per heavy atom. The number of amides is 1. The second-order valence-electron chi connectivity index (χ2n) is 10.2. The van der Waals surface area contributed by atoms with E-state index in [0.717, 1.165) is 38.0 Å². The number of aliphatic hydroxyl groups is 1. The Morgan fingerprint density at radius 1 is 1.13 bits per heavy atom. The monoisotopic (exact) mass is 422 g/mol. The number of nitrogens with one attached hydrogen (secondary N) is 1. The lowest BCUT2D eigenvalue weighted by atomic mass is 9.71. The van der Waals surface area contributed by atoms with E-state index in [4.69, 9.17) is 4.74 Å². The summed E-state index contributed by atoms with van der Waals surface area (Å²) in [5.41, 5.74) is 2.63. The number of para-hydroxylation sites is 1. The van der Waals surface area contributed by atoms with Crippen molar-refractivity contribution < 1.29 is 14.6 Å². The maximum absolute atomic E-state index is 13.1. The number of hydrogen-bond acceptors (Lipinski definition) is 4. The van der Waals surface area contributed by atoms with Gasteiger partial charge in [0, 0.05) is 12.0 Å². The smallest absolute Gasteiger partial charge is 0.255 e. The Kier molecular flexibility index (Phi) is 5.84. The van der Waals surface area contributed by atoms with Crippen molar-refractivity contribution in [1.29, 1.82) is 0 Å². The van der Waals surface area contributed by atoms with Crippen LogP contribution in [-0.4, -0.2) is 48.8 Å². The third-order valence-electron chi connectivity index (χ3n) is 6.80. The molecule has 1 heterocycles. The molecule has 2 aliphatic rings. The van der Waals surface area contributed by atoms with Crippen molar-refractivity contribution >= 4 is 5.91 Å². The topological polar surface area (TPSA) is 61.8 Å². The van der Waals surface area contributed by atoms with E-state index in [9.17, 15) is 9.90 Å². The first-order valence-corrected chi connectivity index (χ1v) is 11.2. The Hall–Kier alpha value is -2.37. The van der Waals surface area contributed by atoms with Crippen molar-refractivity contribution in [3.05, 3.63) is 65.2 Å². The number of ether oxygens (including phenoxy) is 1. The highest BCUT2D eigenvalue weighted by Gasteiger charge is 2.53. The van der Waals surface area contributed by atoms with Gasteiger partial charge in [-0.15, -0.1) is 0 Å². The maximum atomic E-state index is 13.1. The van der Waals surface area contributed by atoms with Crippen molar-refractivity contribution in [2.45, 2.75) is 51.2 Å². The molecule has 5 nitrogen and oxygen atoms in total. The van der Waals surface area contributed by atoms with Crippen molar-refractivity contribution in [2.24, 2.45) is 5.41 Å². The van der Waals surface area contributed by atoms with Crippen molar-refractivity contribution in [1.82, 2.24) is 10.2 Å². The quantitative estimate of drug-likeness (QED) is 0.784. The zero-order valence-electron chi connectivity index (χ0n) is 19.0. The summed E-state index contributed by atoms with van der Waals surface area (Å²) in [6.07, 6.45) is 1.13. The van der Waals surface area contributed by atoms with Crippen LogP contribution >= 0.6 is 0 Å². The molecule has 0 aromatic heterocycles. The minimum atomic E-state index is -0.652. The third-order valence-corrected chi connectivity index (χ3v) is 6.80. The normalized spacial score (nSPS) is 22.9. The van der Waals surface area contributed by atoms with Gasteiger partial charge in [0.1, 0.15) is 5.75 Å². The molecular weight excluding hydrogens is 388 g/mol. The molecule has 0 bridgehead atoms. The lowest BCUT2D eigenvalue weighted by molar-refractivity contribution is 0.0148. The van der Waals surface area contributed by atoms with Crippen LogP contribution in [0.15, 0.2) is 48.5 Å². The summed E-state index contributed by atoms with van der Waals surface area (Å²) in [5.74, 6) is 0.310. The molecule has 1 spiro atoms. The Bertz CT molecular complexity index is 942. The van der Waals surface area contributed by atoms with Gasteiger partial charge in [-0.25, -0.2) is 0 Å². The minimum absolute atomic E-state index is 0.224. The second kappa shape index (κ2) is 8.29. The number of carbonyl (C=O) groups is 1. The number of carbonyl (C=O) groups excluding carboxylic acids is 1. The van der Waals surface area contributed by atoms with E-state index >= 15 is 0 Å². The van der Waals surface area contributed by atoms with Crippen molar-refractivity contribution in [3.8, 4) is 5.75 Å². The summed E-state index contributed by atoms with van der Waals surface area (Å²) in [5, 5.41) is 14.7. The van der Waals surface area contributed by atoms with Crippen LogP contribution in [-0.2, 0) is 5.41 Å². The van der Waals surface area contributed by atoms with E-state index in [2.05, 4.69) is 37.1 Å². The lowest BCUT2D eigenvalue weighted by Gasteiger charge is -2.44. The molecule has 166 valence electrons. The fourth-order valence-electron chi connectivity index (χ4n) is 5.42. The van der Waals surface area contributed by atoms with Gasteiger partial charge in [-0.2, -0.15) is 0 Å². The highest BCUT2D eigenvalue weighted by atomic mass is 16.5. The number of fused-ring (bicyclic) bond motifs is 2. The van der Waals surface area contributed by atoms with Crippen molar-refractivity contribution in [3.63, 3.8) is 0 Å². The summed E-state index contributed by atoms with van der Waals surface area (Å²) in [7, 11) is 1.56. The average Bonchev–Trinajstić information content (AvgIpc) is 2.97. The van der Waals surface area contributed by atoms with Gasteiger partial charge < -0.3 is 20.1 Å². The molecule has 2 atom stereocenters. The molecule has 4 rings (SSSR count). The van der Waals surface area contributed by atoms with Gasteiger partial charge in [0.15, 0.2) is 0 Å². The molecule has 2 N–H and O–H groups in total. The average molecular weight is 423 g/mol. The standard InChI is InChI=1S/C26H34N2O3/c1-25(2,3)17-28-15-13-26(14-16-28)20-11-7-5-9-18(20)22(23(26)29)27-24(30)19-10-6-8-12-21(19)31-4/h5-12,22-23,29H,13-17H2,1-4H3,(H,27,30)/t22-,23+/m1/s1. The number of hydrogen-bond donors (Lipinski definition) is 2. The number of nitrogens with zero attached hydrogens (tertiary/aromatic N) is 1. The van der Waals surface area contributed by atoms with Gasteiger partial charge in [-0.05, 0) is 54.6 Å². The van der Waals surface area contributed by atoms with Crippen LogP contribution in [0.1, 0.15) is 61.1 Å². The molecule has 1 aliphatic carbocycles. The zero-order valence-corrected chi connectivity index (χ0v) is 19.0. The summed E-state index contributed by atoms with van der Waals surface area (Å²) < 4.78 is 5.36. The molecule has 5 heteroatoms.